The SMILES string of the molecule is CCCCCN1CCC2(CC1)CN(C(=O)c1cccc(F)c1F)c1c2ccc(C)c1C. The predicted molar refractivity (Wildman–Crippen MR) is 121 cm³/mol. The van der Waals surface area contributed by atoms with E-state index in [1.54, 1.807) is 4.90 Å². The third-order valence-corrected chi connectivity index (χ3v) is 7.32. The van der Waals surface area contributed by atoms with E-state index in [1.807, 2.05) is 13.8 Å². The van der Waals surface area contributed by atoms with Crippen molar-refractivity contribution in [1.82, 2.24) is 4.90 Å². The lowest BCUT2D eigenvalue weighted by Crippen LogP contribution is -2.46. The normalized spacial score (nSPS) is 17.9. The fraction of sp³-hybridized carbons (Fsp3) is 0.500. The van der Waals surface area contributed by atoms with E-state index in [-0.39, 0.29) is 11.0 Å². The molecule has 2 heterocycles. The lowest BCUT2D eigenvalue weighted by Gasteiger charge is -2.40. The Hall–Kier alpha value is -2.27. The summed E-state index contributed by atoms with van der Waals surface area (Å²) in [7, 11) is 0. The summed E-state index contributed by atoms with van der Waals surface area (Å²) >= 11 is 0. The molecule has 31 heavy (non-hydrogen) atoms. The number of nitrogens with zero attached hydrogens (tertiary/aromatic N) is 2. The van der Waals surface area contributed by atoms with E-state index in [1.165, 1.54) is 37.0 Å². The molecule has 0 aliphatic carbocycles. The highest BCUT2D eigenvalue weighted by Gasteiger charge is 2.47. The minimum absolute atomic E-state index is 0.117. The quantitative estimate of drug-likeness (QED) is 0.567. The topological polar surface area (TPSA) is 23.6 Å². The molecule has 1 amide bonds. The van der Waals surface area contributed by atoms with Crippen LogP contribution >= 0.6 is 0 Å². The van der Waals surface area contributed by atoms with Gasteiger partial charge in [0.15, 0.2) is 11.6 Å². The van der Waals surface area contributed by atoms with Crippen LogP contribution in [0.25, 0.3) is 0 Å². The molecule has 4 rings (SSSR count). The average Bonchev–Trinajstić information content (AvgIpc) is 3.08. The molecule has 166 valence electrons. The van der Waals surface area contributed by atoms with Gasteiger partial charge in [0.05, 0.1) is 11.3 Å². The minimum Gasteiger partial charge on any atom is -0.307 e. The van der Waals surface area contributed by atoms with E-state index in [4.69, 9.17) is 0 Å². The number of anilines is 1. The smallest absolute Gasteiger partial charge is 0.261 e. The van der Waals surface area contributed by atoms with E-state index >= 15 is 0 Å². The first-order valence-corrected chi connectivity index (χ1v) is 11.5. The van der Waals surface area contributed by atoms with Crippen LogP contribution in [0.1, 0.15) is 66.1 Å². The Morgan fingerprint density at radius 2 is 1.81 bits per heavy atom. The van der Waals surface area contributed by atoms with Crippen molar-refractivity contribution in [3.8, 4) is 0 Å². The lowest BCUT2D eigenvalue weighted by molar-refractivity contribution is 0.0971. The van der Waals surface area contributed by atoms with Crippen LogP contribution in [0.4, 0.5) is 14.5 Å². The van der Waals surface area contributed by atoms with Crippen LogP contribution in [-0.4, -0.2) is 37.0 Å². The summed E-state index contributed by atoms with van der Waals surface area (Å²) in [5, 5.41) is 0. The Morgan fingerprint density at radius 1 is 1.06 bits per heavy atom. The second-order valence-corrected chi connectivity index (χ2v) is 9.23. The van der Waals surface area contributed by atoms with Gasteiger partial charge in [-0.05, 0) is 81.6 Å². The number of fused-ring (bicyclic) bond motifs is 2. The van der Waals surface area contributed by atoms with E-state index in [2.05, 4.69) is 24.0 Å². The number of carbonyl (C=O) groups excluding carboxylic acids is 1. The molecule has 2 aliphatic rings. The molecule has 1 fully saturated rings. The molecule has 0 bridgehead atoms. The highest BCUT2D eigenvalue weighted by Crippen LogP contribution is 2.49. The number of piperidine rings is 1. The summed E-state index contributed by atoms with van der Waals surface area (Å²) < 4.78 is 28.3. The molecule has 1 spiro atoms. The molecular weight excluding hydrogens is 394 g/mol. The predicted octanol–water partition coefficient (Wildman–Crippen LogP) is 5.77. The van der Waals surface area contributed by atoms with Gasteiger partial charge >= 0.3 is 0 Å². The van der Waals surface area contributed by atoms with Gasteiger partial charge in [0.1, 0.15) is 0 Å². The monoisotopic (exact) mass is 426 g/mol. The van der Waals surface area contributed by atoms with Crippen molar-refractivity contribution < 1.29 is 13.6 Å². The van der Waals surface area contributed by atoms with E-state index < -0.39 is 17.5 Å². The number of hydrogen-bond donors (Lipinski definition) is 0. The van der Waals surface area contributed by atoms with Gasteiger partial charge in [-0.15, -0.1) is 0 Å². The second-order valence-electron chi connectivity index (χ2n) is 9.23. The van der Waals surface area contributed by atoms with Gasteiger partial charge in [-0.3, -0.25) is 4.79 Å². The van der Waals surface area contributed by atoms with Crippen molar-refractivity contribution in [3.63, 3.8) is 0 Å². The second kappa shape index (κ2) is 8.70. The third-order valence-electron chi connectivity index (χ3n) is 7.32. The van der Waals surface area contributed by atoms with Gasteiger partial charge in [0, 0.05) is 12.0 Å². The van der Waals surface area contributed by atoms with Crippen molar-refractivity contribution in [1.29, 1.82) is 0 Å². The lowest BCUT2D eigenvalue weighted by atomic mass is 9.73. The molecule has 0 radical (unpaired) electrons. The van der Waals surface area contributed by atoms with Gasteiger partial charge in [0.2, 0.25) is 0 Å². The van der Waals surface area contributed by atoms with Crippen LogP contribution in [0, 0.1) is 25.5 Å². The third kappa shape index (κ3) is 3.89. The Kier molecular flexibility index (Phi) is 6.16. The molecule has 2 aromatic carbocycles. The van der Waals surface area contributed by atoms with Crippen molar-refractivity contribution in [2.45, 2.75) is 58.3 Å². The van der Waals surface area contributed by atoms with Crippen LogP contribution in [0.2, 0.25) is 0 Å². The molecule has 0 unspecified atom stereocenters. The number of hydrogen-bond acceptors (Lipinski definition) is 2. The molecule has 0 atom stereocenters. The Morgan fingerprint density at radius 3 is 2.52 bits per heavy atom. The molecule has 0 aromatic heterocycles. The van der Waals surface area contributed by atoms with E-state index in [9.17, 15) is 13.6 Å². The van der Waals surface area contributed by atoms with Gasteiger partial charge in [-0.1, -0.05) is 38.0 Å². The standard InChI is InChI=1S/C26H32F2N2O/c1-4-5-6-14-29-15-12-26(13-16-29)17-30(24-19(3)18(2)10-11-21(24)26)25(31)20-8-7-9-22(27)23(20)28/h7-11H,4-6,12-17H2,1-3H3. The first kappa shape index (κ1) is 21.9. The van der Waals surface area contributed by atoms with Crippen LogP contribution in [0.5, 0.6) is 0 Å². The number of aryl methyl sites for hydroxylation is 1. The van der Waals surface area contributed by atoms with Gasteiger partial charge < -0.3 is 9.80 Å². The zero-order valence-electron chi connectivity index (χ0n) is 18.8. The van der Waals surface area contributed by atoms with Gasteiger partial charge in [0.25, 0.3) is 5.91 Å². The number of carbonyl (C=O) groups is 1. The van der Waals surface area contributed by atoms with E-state index in [0.717, 1.165) is 55.4 Å². The Labute approximate surface area is 184 Å². The molecule has 0 N–H and O–H groups in total. The highest BCUT2D eigenvalue weighted by molar-refractivity contribution is 6.08. The zero-order valence-corrected chi connectivity index (χ0v) is 18.8. The van der Waals surface area contributed by atoms with Crippen molar-refractivity contribution in [3.05, 3.63) is 64.2 Å². The van der Waals surface area contributed by atoms with Crippen LogP contribution < -0.4 is 4.90 Å². The average molecular weight is 427 g/mol. The van der Waals surface area contributed by atoms with Gasteiger partial charge in [-0.2, -0.15) is 0 Å². The maximum Gasteiger partial charge on any atom is 0.261 e. The van der Waals surface area contributed by atoms with Crippen molar-refractivity contribution in [2.24, 2.45) is 0 Å². The molecule has 5 heteroatoms. The van der Waals surface area contributed by atoms with Crippen LogP contribution in [-0.2, 0) is 5.41 Å². The summed E-state index contributed by atoms with van der Waals surface area (Å²) in [5.41, 5.74) is 3.92. The Balaban J connectivity index is 1.66. The molecule has 3 nitrogen and oxygen atoms in total. The summed E-state index contributed by atoms with van der Waals surface area (Å²) in [5.74, 6) is -2.50. The fourth-order valence-electron chi connectivity index (χ4n) is 5.25. The number of benzene rings is 2. The summed E-state index contributed by atoms with van der Waals surface area (Å²) in [6, 6.07) is 8.11. The highest BCUT2D eigenvalue weighted by atomic mass is 19.2. The first-order valence-electron chi connectivity index (χ1n) is 11.5. The molecule has 2 aromatic rings. The number of likely N-dealkylation sites (tertiary alicyclic amines) is 1. The van der Waals surface area contributed by atoms with Crippen LogP contribution in [0.3, 0.4) is 0 Å². The zero-order chi connectivity index (χ0) is 22.2. The minimum atomic E-state index is -1.06. The molecule has 1 saturated heterocycles. The first-order chi connectivity index (χ1) is 14.9. The Bertz CT molecular complexity index is 980. The number of unbranched alkanes of at least 4 members (excludes halogenated alkanes) is 2. The summed E-state index contributed by atoms with van der Waals surface area (Å²) in [4.78, 5) is 17.7. The maximum atomic E-state index is 14.5. The van der Waals surface area contributed by atoms with Crippen molar-refractivity contribution in [2.75, 3.05) is 31.1 Å². The number of halogens is 2. The fourth-order valence-corrected chi connectivity index (χ4v) is 5.25. The molecular formula is C26H32F2N2O. The van der Waals surface area contributed by atoms with Crippen LogP contribution in [0.15, 0.2) is 30.3 Å². The number of rotatable bonds is 5. The molecule has 0 saturated carbocycles. The maximum absolute atomic E-state index is 14.5. The van der Waals surface area contributed by atoms with Crippen molar-refractivity contribution >= 4 is 11.6 Å². The summed E-state index contributed by atoms with van der Waals surface area (Å²) in [6.45, 7) is 9.94. The number of amides is 1. The largest absolute Gasteiger partial charge is 0.307 e. The van der Waals surface area contributed by atoms with Gasteiger partial charge in [-0.25, -0.2) is 8.78 Å². The van der Waals surface area contributed by atoms with E-state index in [0.29, 0.717) is 6.54 Å². The molecule has 2 aliphatic heterocycles. The summed E-state index contributed by atoms with van der Waals surface area (Å²) in [6.07, 6.45) is 5.65.